The molecule has 4 rings (SSSR count). The van der Waals surface area contributed by atoms with Crippen LogP contribution in [0, 0.1) is 5.82 Å². The van der Waals surface area contributed by atoms with Gasteiger partial charge in [-0.05, 0) is 65.9 Å². The van der Waals surface area contributed by atoms with E-state index in [9.17, 15) is 14.0 Å². The number of hydrogen-bond acceptors (Lipinski definition) is 7. The van der Waals surface area contributed by atoms with Crippen LogP contribution in [0.5, 0.6) is 11.5 Å². The van der Waals surface area contributed by atoms with Gasteiger partial charge in [-0.25, -0.2) is 4.39 Å². The first kappa shape index (κ1) is 23.4. The molecule has 11 heteroatoms. The van der Waals surface area contributed by atoms with Gasteiger partial charge in [0.1, 0.15) is 23.9 Å². The van der Waals surface area contributed by atoms with E-state index in [1.54, 1.807) is 49.6 Å². The van der Waals surface area contributed by atoms with E-state index in [1.165, 1.54) is 36.2 Å². The zero-order valence-electron chi connectivity index (χ0n) is 18.9. The standard InChI is InChI=1S/C24H21FN6O4/c1-34-19-11-12-20(21(13-19)35-2)27-22(32)14-31-29-23(28-30-31)15-5-9-18(10-6-15)26-24(33)16-3-7-17(25)8-4-16/h3-13H,14H2,1-2H3,(H,26,33)(H,27,32). The summed E-state index contributed by atoms with van der Waals surface area (Å²) < 4.78 is 23.5. The van der Waals surface area contributed by atoms with Crippen LogP contribution in [-0.2, 0) is 11.3 Å². The van der Waals surface area contributed by atoms with E-state index in [-0.39, 0.29) is 18.4 Å². The van der Waals surface area contributed by atoms with E-state index in [0.29, 0.717) is 39.8 Å². The maximum Gasteiger partial charge on any atom is 0.255 e. The molecule has 0 aliphatic carbocycles. The quantitative estimate of drug-likeness (QED) is 0.400. The summed E-state index contributed by atoms with van der Waals surface area (Å²) in [4.78, 5) is 25.9. The largest absolute Gasteiger partial charge is 0.497 e. The van der Waals surface area contributed by atoms with Crippen LogP contribution in [-0.4, -0.2) is 46.2 Å². The molecular weight excluding hydrogens is 455 g/mol. The Kier molecular flexibility index (Phi) is 6.96. The fourth-order valence-corrected chi connectivity index (χ4v) is 3.15. The third-order valence-corrected chi connectivity index (χ3v) is 4.93. The van der Waals surface area contributed by atoms with Crippen molar-refractivity contribution in [1.29, 1.82) is 0 Å². The topological polar surface area (TPSA) is 120 Å². The summed E-state index contributed by atoms with van der Waals surface area (Å²) in [6.45, 7) is -0.159. The van der Waals surface area contributed by atoms with Crippen LogP contribution in [0.3, 0.4) is 0 Å². The third kappa shape index (κ3) is 5.77. The van der Waals surface area contributed by atoms with Crippen molar-refractivity contribution in [3.63, 3.8) is 0 Å². The van der Waals surface area contributed by atoms with E-state index in [0.717, 1.165) is 0 Å². The van der Waals surface area contributed by atoms with Crippen LogP contribution < -0.4 is 20.1 Å². The summed E-state index contributed by atoms with van der Waals surface area (Å²) >= 11 is 0. The van der Waals surface area contributed by atoms with Gasteiger partial charge in [0.05, 0.1) is 19.9 Å². The van der Waals surface area contributed by atoms with E-state index in [4.69, 9.17) is 9.47 Å². The molecule has 1 heterocycles. The summed E-state index contributed by atoms with van der Waals surface area (Å²) in [5.74, 6) is 0.234. The monoisotopic (exact) mass is 476 g/mol. The van der Waals surface area contributed by atoms with Gasteiger partial charge in [0.2, 0.25) is 11.7 Å². The Bertz CT molecular complexity index is 1340. The summed E-state index contributed by atoms with van der Waals surface area (Å²) in [7, 11) is 3.04. The lowest BCUT2D eigenvalue weighted by atomic mass is 10.1. The maximum atomic E-state index is 13.0. The second-order valence-electron chi connectivity index (χ2n) is 7.30. The zero-order valence-corrected chi connectivity index (χ0v) is 18.9. The number of amides is 2. The molecule has 1 aromatic heterocycles. The maximum absolute atomic E-state index is 13.0. The van der Waals surface area contributed by atoms with Crippen LogP contribution >= 0.6 is 0 Å². The van der Waals surface area contributed by atoms with Crippen molar-refractivity contribution in [2.45, 2.75) is 6.54 Å². The van der Waals surface area contributed by atoms with Gasteiger partial charge in [0.15, 0.2) is 0 Å². The SMILES string of the molecule is COc1ccc(NC(=O)Cn2nnc(-c3ccc(NC(=O)c4ccc(F)cc4)cc3)n2)c(OC)c1. The number of carbonyl (C=O) groups excluding carboxylic acids is 2. The van der Waals surface area contributed by atoms with Crippen LogP contribution in [0.25, 0.3) is 11.4 Å². The fourth-order valence-electron chi connectivity index (χ4n) is 3.15. The van der Waals surface area contributed by atoms with Gasteiger partial charge < -0.3 is 20.1 Å². The average molecular weight is 476 g/mol. The molecule has 4 aromatic rings. The first-order valence-electron chi connectivity index (χ1n) is 10.4. The average Bonchev–Trinajstić information content (AvgIpc) is 3.33. The van der Waals surface area contributed by atoms with Crippen molar-refractivity contribution in [3.05, 3.63) is 78.1 Å². The first-order chi connectivity index (χ1) is 16.9. The Labute approximate surface area is 199 Å². The van der Waals surface area contributed by atoms with E-state index in [1.807, 2.05) is 0 Å². The van der Waals surface area contributed by atoms with Crippen molar-refractivity contribution >= 4 is 23.2 Å². The molecule has 2 N–H and O–H groups in total. The van der Waals surface area contributed by atoms with E-state index >= 15 is 0 Å². The molecule has 10 nitrogen and oxygen atoms in total. The van der Waals surface area contributed by atoms with Crippen molar-refractivity contribution in [3.8, 4) is 22.9 Å². The van der Waals surface area contributed by atoms with Gasteiger partial charge in [-0.2, -0.15) is 4.80 Å². The number of tetrazole rings is 1. The number of methoxy groups -OCH3 is 2. The number of nitrogens with zero attached hydrogens (tertiary/aromatic N) is 4. The summed E-state index contributed by atoms with van der Waals surface area (Å²) in [6.07, 6.45) is 0. The number of hydrogen-bond donors (Lipinski definition) is 2. The number of benzene rings is 3. The number of aromatic nitrogens is 4. The molecule has 0 atom stereocenters. The second-order valence-corrected chi connectivity index (χ2v) is 7.30. The summed E-state index contributed by atoms with van der Waals surface area (Å²) in [5, 5.41) is 17.6. The highest BCUT2D eigenvalue weighted by Gasteiger charge is 2.13. The van der Waals surface area contributed by atoms with Crippen LogP contribution in [0.2, 0.25) is 0 Å². The molecule has 35 heavy (non-hydrogen) atoms. The van der Waals surface area contributed by atoms with Gasteiger partial charge in [-0.1, -0.05) is 0 Å². The van der Waals surface area contributed by atoms with Crippen LogP contribution in [0.15, 0.2) is 66.7 Å². The van der Waals surface area contributed by atoms with Gasteiger partial charge in [-0.15, -0.1) is 10.2 Å². The van der Waals surface area contributed by atoms with Crippen molar-refractivity contribution in [1.82, 2.24) is 20.2 Å². The van der Waals surface area contributed by atoms with Crippen molar-refractivity contribution in [2.24, 2.45) is 0 Å². The smallest absolute Gasteiger partial charge is 0.255 e. The zero-order chi connectivity index (χ0) is 24.8. The van der Waals surface area contributed by atoms with Gasteiger partial charge >= 0.3 is 0 Å². The predicted molar refractivity (Wildman–Crippen MR) is 126 cm³/mol. The Morgan fingerprint density at radius 1 is 0.943 bits per heavy atom. The first-order valence-corrected chi connectivity index (χ1v) is 10.4. The van der Waals surface area contributed by atoms with Crippen LogP contribution in [0.4, 0.5) is 15.8 Å². The Hall–Kier alpha value is -4.80. The third-order valence-electron chi connectivity index (χ3n) is 4.93. The highest BCUT2D eigenvalue weighted by molar-refractivity contribution is 6.04. The molecule has 0 saturated heterocycles. The lowest BCUT2D eigenvalue weighted by Crippen LogP contribution is -2.20. The molecule has 0 aliphatic heterocycles. The van der Waals surface area contributed by atoms with Gasteiger partial charge in [-0.3, -0.25) is 9.59 Å². The molecule has 0 spiro atoms. The molecule has 0 fully saturated rings. The summed E-state index contributed by atoms with van der Waals surface area (Å²) in [6, 6.07) is 17.1. The molecule has 0 radical (unpaired) electrons. The molecule has 2 amide bonds. The van der Waals surface area contributed by atoms with E-state index < -0.39 is 5.82 Å². The van der Waals surface area contributed by atoms with Crippen molar-refractivity contribution < 1.29 is 23.5 Å². The Morgan fingerprint density at radius 3 is 2.37 bits per heavy atom. The molecule has 3 aromatic carbocycles. The Morgan fingerprint density at radius 2 is 1.69 bits per heavy atom. The highest BCUT2D eigenvalue weighted by atomic mass is 19.1. The minimum atomic E-state index is -0.413. The molecular formula is C24H21FN6O4. The number of ether oxygens (including phenoxy) is 2. The molecule has 0 saturated carbocycles. The molecule has 0 bridgehead atoms. The van der Waals surface area contributed by atoms with Crippen LogP contribution in [0.1, 0.15) is 10.4 Å². The number of carbonyl (C=O) groups is 2. The van der Waals surface area contributed by atoms with Gasteiger partial charge in [0.25, 0.3) is 5.91 Å². The van der Waals surface area contributed by atoms with Gasteiger partial charge in [0, 0.05) is 22.9 Å². The lowest BCUT2D eigenvalue weighted by molar-refractivity contribution is -0.117. The number of rotatable bonds is 8. The number of anilines is 2. The minimum absolute atomic E-state index is 0.159. The normalized spacial score (nSPS) is 10.5. The fraction of sp³-hybridized carbons (Fsp3) is 0.125. The number of nitrogens with one attached hydrogen (secondary N) is 2. The predicted octanol–water partition coefficient (Wildman–Crippen LogP) is 3.39. The lowest BCUT2D eigenvalue weighted by Gasteiger charge is -2.11. The second kappa shape index (κ2) is 10.4. The summed E-state index contributed by atoms with van der Waals surface area (Å²) in [5.41, 5.74) is 2.01. The highest BCUT2D eigenvalue weighted by Crippen LogP contribution is 2.29. The number of halogens is 1. The minimum Gasteiger partial charge on any atom is -0.497 e. The van der Waals surface area contributed by atoms with Crippen molar-refractivity contribution in [2.75, 3.05) is 24.9 Å². The Balaban J connectivity index is 1.37. The molecule has 0 aliphatic rings. The van der Waals surface area contributed by atoms with E-state index in [2.05, 4.69) is 26.0 Å². The molecule has 178 valence electrons. The molecule has 0 unspecified atom stereocenters.